The van der Waals surface area contributed by atoms with E-state index in [9.17, 15) is 4.79 Å². The van der Waals surface area contributed by atoms with Crippen LogP contribution in [0.5, 0.6) is 0 Å². The largest absolute Gasteiger partial charge is 0.294 e. The van der Waals surface area contributed by atoms with Gasteiger partial charge in [0.25, 0.3) is 0 Å². The highest BCUT2D eigenvalue weighted by molar-refractivity contribution is 5.99. The Hall–Kier alpha value is -1.63. The monoisotopic (exact) mass is 268 g/mol. The SMILES string of the molecule is CC1=CC(C)=C(CC(=O)c2ccccc2C(C)(C)C)C1. The van der Waals surface area contributed by atoms with E-state index in [1.807, 2.05) is 18.2 Å². The van der Waals surface area contributed by atoms with E-state index in [1.165, 1.54) is 16.7 Å². The Bertz CT molecular complexity index is 594. The van der Waals surface area contributed by atoms with Gasteiger partial charge in [-0.2, -0.15) is 0 Å². The van der Waals surface area contributed by atoms with Gasteiger partial charge in [0, 0.05) is 12.0 Å². The number of carbonyl (C=O) groups excluding carboxylic acids is 1. The van der Waals surface area contributed by atoms with Crippen molar-refractivity contribution >= 4 is 5.78 Å². The van der Waals surface area contributed by atoms with Crippen LogP contribution < -0.4 is 0 Å². The van der Waals surface area contributed by atoms with E-state index in [2.05, 4.69) is 46.8 Å². The van der Waals surface area contributed by atoms with E-state index in [0.29, 0.717) is 6.42 Å². The summed E-state index contributed by atoms with van der Waals surface area (Å²) in [6.45, 7) is 10.7. The first-order valence-corrected chi connectivity index (χ1v) is 7.27. The molecule has 0 aliphatic heterocycles. The van der Waals surface area contributed by atoms with Crippen molar-refractivity contribution < 1.29 is 4.79 Å². The molecule has 0 atom stereocenters. The standard InChI is InChI=1S/C19H24O/c1-13-10-14(2)15(11-13)12-18(20)16-8-6-7-9-17(16)19(3,4)5/h6-10H,11-12H2,1-5H3. The number of rotatable bonds is 3. The van der Waals surface area contributed by atoms with Gasteiger partial charge in [-0.3, -0.25) is 4.79 Å². The predicted octanol–water partition coefficient (Wildman–Crippen LogP) is 5.22. The van der Waals surface area contributed by atoms with E-state index in [0.717, 1.165) is 17.5 Å². The molecule has 1 aromatic carbocycles. The summed E-state index contributed by atoms with van der Waals surface area (Å²) >= 11 is 0. The van der Waals surface area contributed by atoms with Crippen LogP contribution in [0, 0.1) is 0 Å². The highest BCUT2D eigenvalue weighted by Crippen LogP contribution is 2.31. The van der Waals surface area contributed by atoms with Crippen molar-refractivity contribution in [3.05, 3.63) is 58.2 Å². The van der Waals surface area contributed by atoms with Gasteiger partial charge in [-0.25, -0.2) is 0 Å². The van der Waals surface area contributed by atoms with Crippen molar-refractivity contribution in [2.45, 2.75) is 52.9 Å². The van der Waals surface area contributed by atoms with Crippen molar-refractivity contribution in [3.8, 4) is 0 Å². The molecule has 0 amide bonds. The van der Waals surface area contributed by atoms with Crippen LogP contribution in [-0.2, 0) is 5.41 Å². The molecule has 1 aliphatic rings. The number of hydrogen-bond acceptors (Lipinski definition) is 1. The van der Waals surface area contributed by atoms with Crippen LogP contribution in [0.2, 0.25) is 0 Å². The van der Waals surface area contributed by atoms with Crippen LogP contribution in [0.4, 0.5) is 0 Å². The molecule has 0 aromatic heterocycles. The average Bonchev–Trinajstić information content (AvgIpc) is 2.66. The van der Waals surface area contributed by atoms with E-state index < -0.39 is 0 Å². The fourth-order valence-corrected chi connectivity index (χ4v) is 2.87. The van der Waals surface area contributed by atoms with Gasteiger partial charge in [0.1, 0.15) is 0 Å². The number of allylic oxidation sites excluding steroid dienone is 4. The third-order valence-corrected chi connectivity index (χ3v) is 3.92. The van der Waals surface area contributed by atoms with Crippen molar-refractivity contribution in [3.63, 3.8) is 0 Å². The Balaban J connectivity index is 2.26. The lowest BCUT2D eigenvalue weighted by Gasteiger charge is -2.22. The molecular weight excluding hydrogens is 244 g/mol. The van der Waals surface area contributed by atoms with Gasteiger partial charge >= 0.3 is 0 Å². The topological polar surface area (TPSA) is 17.1 Å². The number of hydrogen-bond donors (Lipinski definition) is 0. The lowest BCUT2D eigenvalue weighted by molar-refractivity contribution is 0.0990. The maximum atomic E-state index is 12.7. The van der Waals surface area contributed by atoms with Gasteiger partial charge in [-0.15, -0.1) is 0 Å². The molecule has 0 saturated carbocycles. The molecule has 2 rings (SSSR count). The highest BCUT2D eigenvalue weighted by Gasteiger charge is 2.22. The van der Waals surface area contributed by atoms with Gasteiger partial charge < -0.3 is 0 Å². The van der Waals surface area contributed by atoms with Gasteiger partial charge in [0.05, 0.1) is 0 Å². The lowest BCUT2D eigenvalue weighted by atomic mass is 9.82. The molecule has 106 valence electrons. The van der Waals surface area contributed by atoms with Gasteiger partial charge in [-0.05, 0) is 31.2 Å². The van der Waals surface area contributed by atoms with E-state index in [1.54, 1.807) is 0 Å². The summed E-state index contributed by atoms with van der Waals surface area (Å²) in [5.41, 5.74) is 5.92. The van der Waals surface area contributed by atoms with Gasteiger partial charge in [0.15, 0.2) is 5.78 Å². The zero-order valence-corrected chi connectivity index (χ0v) is 13.2. The smallest absolute Gasteiger partial charge is 0.167 e. The molecule has 1 aromatic rings. The summed E-state index contributed by atoms with van der Waals surface area (Å²) in [6, 6.07) is 8.02. The number of Topliss-reactive ketones (excluding diaryl/α,β-unsaturated/α-hetero) is 1. The fourth-order valence-electron chi connectivity index (χ4n) is 2.87. The molecule has 0 heterocycles. The van der Waals surface area contributed by atoms with E-state index >= 15 is 0 Å². The first kappa shape index (κ1) is 14.8. The normalized spacial score (nSPS) is 15.6. The number of benzene rings is 1. The maximum absolute atomic E-state index is 12.7. The van der Waals surface area contributed by atoms with Crippen molar-refractivity contribution in [1.29, 1.82) is 0 Å². The summed E-state index contributed by atoms with van der Waals surface area (Å²) in [4.78, 5) is 12.7. The quantitative estimate of drug-likeness (QED) is 0.686. The molecular formula is C19H24O. The van der Waals surface area contributed by atoms with Crippen LogP contribution in [0.15, 0.2) is 47.1 Å². The zero-order valence-electron chi connectivity index (χ0n) is 13.2. The molecule has 0 N–H and O–H groups in total. The second-order valence-electron chi connectivity index (χ2n) is 6.85. The first-order chi connectivity index (χ1) is 9.29. The van der Waals surface area contributed by atoms with E-state index in [-0.39, 0.29) is 11.2 Å². The third-order valence-electron chi connectivity index (χ3n) is 3.92. The fraction of sp³-hybridized carbons (Fsp3) is 0.421. The molecule has 1 nitrogen and oxygen atoms in total. The van der Waals surface area contributed by atoms with Crippen LogP contribution in [-0.4, -0.2) is 5.78 Å². The summed E-state index contributed by atoms with van der Waals surface area (Å²) in [5, 5.41) is 0. The van der Waals surface area contributed by atoms with Crippen LogP contribution in [0.1, 0.15) is 63.4 Å². The second kappa shape index (κ2) is 5.40. The minimum atomic E-state index is -0.000475. The Morgan fingerprint density at radius 1 is 1.15 bits per heavy atom. The van der Waals surface area contributed by atoms with Crippen molar-refractivity contribution in [2.24, 2.45) is 0 Å². The summed E-state index contributed by atoms with van der Waals surface area (Å²) < 4.78 is 0. The Labute approximate surface area is 122 Å². The molecule has 0 fully saturated rings. The molecule has 20 heavy (non-hydrogen) atoms. The summed E-state index contributed by atoms with van der Waals surface area (Å²) in [5.74, 6) is 0.243. The summed E-state index contributed by atoms with van der Waals surface area (Å²) in [7, 11) is 0. The third kappa shape index (κ3) is 3.09. The van der Waals surface area contributed by atoms with Crippen LogP contribution in [0.25, 0.3) is 0 Å². The minimum absolute atomic E-state index is 0.000475. The molecule has 0 radical (unpaired) electrons. The molecule has 0 spiro atoms. The highest BCUT2D eigenvalue weighted by atomic mass is 16.1. The second-order valence-corrected chi connectivity index (χ2v) is 6.85. The first-order valence-electron chi connectivity index (χ1n) is 7.27. The van der Waals surface area contributed by atoms with Crippen molar-refractivity contribution in [2.75, 3.05) is 0 Å². The van der Waals surface area contributed by atoms with Crippen LogP contribution >= 0.6 is 0 Å². The van der Waals surface area contributed by atoms with Crippen LogP contribution in [0.3, 0.4) is 0 Å². The molecule has 0 unspecified atom stereocenters. The maximum Gasteiger partial charge on any atom is 0.167 e. The molecule has 1 aliphatic carbocycles. The number of carbonyl (C=O) groups is 1. The lowest BCUT2D eigenvalue weighted by Crippen LogP contribution is -2.17. The van der Waals surface area contributed by atoms with Crippen molar-refractivity contribution in [1.82, 2.24) is 0 Å². The van der Waals surface area contributed by atoms with Gasteiger partial charge in [-0.1, -0.05) is 67.8 Å². The average molecular weight is 268 g/mol. The van der Waals surface area contributed by atoms with E-state index in [4.69, 9.17) is 0 Å². The Kier molecular flexibility index (Phi) is 3.99. The Morgan fingerprint density at radius 3 is 2.35 bits per heavy atom. The minimum Gasteiger partial charge on any atom is -0.294 e. The Morgan fingerprint density at radius 2 is 1.80 bits per heavy atom. The molecule has 1 heteroatoms. The predicted molar refractivity (Wildman–Crippen MR) is 85.2 cm³/mol. The zero-order chi connectivity index (χ0) is 14.9. The summed E-state index contributed by atoms with van der Waals surface area (Å²) in [6.07, 6.45) is 3.69. The number of ketones is 1. The molecule has 0 bridgehead atoms. The van der Waals surface area contributed by atoms with Gasteiger partial charge in [0.2, 0.25) is 0 Å². The molecule has 0 saturated heterocycles.